The Morgan fingerprint density at radius 2 is 1.83 bits per heavy atom. The average Bonchev–Trinajstić information content (AvgIpc) is 2.70. The number of non-ortho nitro benzene ring substituents is 1. The Balaban J connectivity index is 1.57. The Labute approximate surface area is 173 Å². The molecule has 1 amide bonds. The van der Waals surface area contributed by atoms with Crippen LogP contribution in [0.1, 0.15) is 19.4 Å². The Morgan fingerprint density at radius 3 is 2.47 bits per heavy atom. The zero-order valence-electron chi connectivity index (χ0n) is 16.8. The van der Waals surface area contributed by atoms with E-state index < -0.39 is 10.7 Å². The molecule has 1 saturated heterocycles. The number of benzene rings is 2. The summed E-state index contributed by atoms with van der Waals surface area (Å²) in [6, 6.07) is 9.38. The van der Waals surface area contributed by atoms with Crippen molar-refractivity contribution < 1.29 is 23.2 Å². The molecule has 1 aliphatic heterocycles. The van der Waals surface area contributed by atoms with Gasteiger partial charge >= 0.3 is 0 Å². The number of halogens is 2. The van der Waals surface area contributed by atoms with Crippen LogP contribution in [0.25, 0.3) is 0 Å². The Morgan fingerprint density at radius 1 is 1.13 bits per heavy atom. The molecule has 2 atom stereocenters. The summed E-state index contributed by atoms with van der Waals surface area (Å²) in [6.07, 6.45) is 0. The number of rotatable bonds is 6. The maximum Gasteiger partial charge on any atom is 0.272 e. The first-order chi connectivity index (χ1) is 14.2. The van der Waals surface area contributed by atoms with Crippen molar-refractivity contribution in [1.82, 2.24) is 9.80 Å². The number of nitro benzene ring substituents is 1. The fourth-order valence-electron chi connectivity index (χ4n) is 3.53. The minimum absolute atomic E-state index is 0.0753. The molecule has 3 rings (SSSR count). The number of ether oxygens (including phenoxy) is 1. The van der Waals surface area contributed by atoms with Crippen LogP contribution < -0.4 is 4.74 Å². The summed E-state index contributed by atoms with van der Waals surface area (Å²) in [5.74, 6) is -1.65. The van der Waals surface area contributed by atoms with Crippen molar-refractivity contribution in [2.45, 2.75) is 32.5 Å². The number of hydrogen-bond acceptors (Lipinski definition) is 5. The van der Waals surface area contributed by atoms with E-state index >= 15 is 0 Å². The number of carbonyl (C=O) groups excluding carboxylic acids is 1. The summed E-state index contributed by atoms with van der Waals surface area (Å²) in [4.78, 5) is 26.5. The molecule has 2 aromatic rings. The summed E-state index contributed by atoms with van der Waals surface area (Å²) in [6.45, 7) is 5.34. The van der Waals surface area contributed by atoms with Gasteiger partial charge in [-0.25, -0.2) is 8.78 Å². The van der Waals surface area contributed by atoms with E-state index in [1.54, 1.807) is 17.0 Å². The second kappa shape index (κ2) is 9.17. The molecule has 9 heteroatoms. The second-order valence-corrected chi connectivity index (χ2v) is 7.46. The van der Waals surface area contributed by atoms with Crippen molar-refractivity contribution in [3.63, 3.8) is 0 Å². The van der Waals surface area contributed by atoms with E-state index in [1.165, 1.54) is 12.1 Å². The highest BCUT2D eigenvalue weighted by atomic mass is 19.1. The molecule has 0 aromatic heterocycles. The fourth-order valence-corrected chi connectivity index (χ4v) is 3.53. The van der Waals surface area contributed by atoms with Crippen molar-refractivity contribution in [1.29, 1.82) is 0 Å². The summed E-state index contributed by atoms with van der Waals surface area (Å²) in [5.41, 5.74) is 0.609. The average molecular weight is 419 g/mol. The van der Waals surface area contributed by atoms with Gasteiger partial charge in [0, 0.05) is 37.8 Å². The van der Waals surface area contributed by atoms with Gasteiger partial charge in [-0.1, -0.05) is 12.1 Å². The molecule has 0 N–H and O–H groups in total. The van der Waals surface area contributed by atoms with Crippen LogP contribution in [0.4, 0.5) is 14.5 Å². The van der Waals surface area contributed by atoms with Crippen LogP contribution in [-0.2, 0) is 11.3 Å². The normalized spacial score (nSPS) is 19.5. The zero-order valence-corrected chi connectivity index (χ0v) is 16.8. The molecule has 1 heterocycles. The lowest BCUT2D eigenvalue weighted by Crippen LogP contribution is -2.58. The highest BCUT2D eigenvalue weighted by molar-refractivity contribution is 5.78. The van der Waals surface area contributed by atoms with Crippen LogP contribution in [0, 0.1) is 21.7 Å². The van der Waals surface area contributed by atoms with Gasteiger partial charge in [-0.2, -0.15) is 0 Å². The molecule has 7 nitrogen and oxygen atoms in total. The lowest BCUT2D eigenvalue weighted by Gasteiger charge is -2.44. The standard InChI is InChI=1S/C21H23F2N3O4/c1-14-11-25(15(2)10-24(14)12-16-3-5-17(22)6-4-16)21(27)13-30-20-8-7-18(26(28)29)9-19(20)23/h3-9,14-15H,10-13H2,1-2H3/t14-,15+/m0/s1. The third-order valence-corrected chi connectivity index (χ3v) is 5.21. The SMILES string of the molecule is C[C@@H]1CN(Cc2ccc(F)cc2)[C@@H](C)CN1C(=O)COc1ccc([N+](=O)[O-])cc1F. The van der Waals surface area contributed by atoms with Crippen LogP contribution in [0.2, 0.25) is 0 Å². The van der Waals surface area contributed by atoms with E-state index in [0.29, 0.717) is 19.6 Å². The quantitative estimate of drug-likeness (QED) is 0.530. The zero-order chi connectivity index (χ0) is 21.8. The van der Waals surface area contributed by atoms with Crippen molar-refractivity contribution in [3.8, 4) is 5.75 Å². The summed E-state index contributed by atoms with van der Waals surface area (Å²) < 4.78 is 32.3. The van der Waals surface area contributed by atoms with Gasteiger partial charge in [0.05, 0.1) is 11.0 Å². The molecule has 0 aliphatic carbocycles. The van der Waals surface area contributed by atoms with Gasteiger partial charge in [-0.15, -0.1) is 0 Å². The molecule has 0 radical (unpaired) electrons. The first-order valence-corrected chi connectivity index (χ1v) is 9.59. The number of hydrogen-bond donors (Lipinski definition) is 0. The third-order valence-electron chi connectivity index (χ3n) is 5.21. The van der Waals surface area contributed by atoms with Gasteiger partial charge in [-0.3, -0.25) is 19.8 Å². The molecule has 2 aromatic carbocycles. The second-order valence-electron chi connectivity index (χ2n) is 7.46. The first kappa shape index (κ1) is 21.6. The maximum atomic E-state index is 13.9. The lowest BCUT2D eigenvalue weighted by molar-refractivity contribution is -0.385. The molecule has 0 spiro atoms. The van der Waals surface area contributed by atoms with Gasteiger partial charge in [0.25, 0.3) is 11.6 Å². The van der Waals surface area contributed by atoms with Gasteiger partial charge in [0.1, 0.15) is 5.82 Å². The van der Waals surface area contributed by atoms with Gasteiger partial charge in [-0.05, 0) is 37.6 Å². The molecule has 160 valence electrons. The van der Waals surface area contributed by atoms with E-state index in [-0.39, 0.29) is 41.9 Å². The lowest BCUT2D eigenvalue weighted by atomic mass is 10.1. The number of amides is 1. The monoisotopic (exact) mass is 419 g/mol. The van der Waals surface area contributed by atoms with Gasteiger partial charge in [0.15, 0.2) is 18.2 Å². The number of piperazine rings is 1. The minimum Gasteiger partial charge on any atom is -0.481 e. The molecule has 0 saturated carbocycles. The third kappa shape index (κ3) is 5.10. The molecular formula is C21H23F2N3O4. The smallest absolute Gasteiger partial charge is 0.272 e. The van der Waals surface area contributed by atoms with Crippen LogP contribution >= 0.6 is 0 Å². The van der Waals surface area contributed by atoms with E-state index in [9.17, 15) is 23.7 Å². The fraction of sp³-hybridized carbons (Fsp3) is 0.381. The van der Waals surface area contributed by atoms with Gasteiger partial charge < -0.3 is 9.64 Å². The van der Waals surface area contributed by atoms with Crippen LogP contribution in [0.5, 0.6) is 5.75 Å². The summed E-state index contributed by atoms with van der Waals surface area (Å²) in [5, 5.41) is 10.7. The highest BCUT2D eigenvalue weighted by Crippen LogP contribution is 2.23. The molecule has 30 heavy (non-hydrogen) atoms. The van der Waals surface area contributed by atoms with E-state index in [0.717, 1.165) is 23.8 Å². The van der Waals surface area contributed by atoms with Crippen LogP contribution in [0.15, 0.2) is 42.5 Å². The molecular weight excluding hydrogens is 396 g/mol. The van der Waals surface area contributed by atoms with Crippen molar-refractivity contribution in [3.05, 3.63) is 69.8 Å². The Bertz CT molecular complexity index is 923. The van der Waals surface area contributed by atoms with Crippen molar-refractivity contribution in [2.24, 2.45) is 0 Å². The predicted molar refractivity (Wildman–Crippen MR) is 106 cm³/mol. The predicted octanol–water partition coefficient (Wildman–Crippen LogP) is 3.37. The van der Waals surface area contributed by atoms with Crippen LogP contribution in [0.3, 0.4) is 0 Å². The van der Waals surface area contributed by atoms with Crippen molar-refractivity contribution in [2.75, 3.05) is 19.7 Å². The van der Waals surface area contributed by atoms with Crippen molar-refractivity contribution >= 4 is 11.6 Å². The number of nitro groups is 1. The molecule has 0 unspecified atom stereocenters. The first-order valence-electron chi connectivity index (χ1n) is 9.59. The molecule has 0 bridgehead atoms. The number of carbonyl (C=O) groups is 1. The Kier molecular flexibility index (Phi) is 6.61. The van der Waals surface area contributed by atoms with Crippen LogP contribution in [-0.4, -0.2) is 52.4 Å². The van der Waals surface area contributed by atoms with E-state index in [4.69, 9.17) is 4.74 Å². The molecule has 1 fully saturated rings. The largest absolute Gasteiger partial charge is 0.481 e. The highest BCUT2D eigenvalue weighted by Gasteiger charge is 2.32. The summed E-state index contributed by atoms with van der Waals surface area (Å²) >= 11 is 0. The minimum atomic E-state index is -0.887. The Hall–Kier alpha value is -3.07. The topological polar surface area (TPSA) is 75.9 Å². The maximum absolute atomic E-state index is 13.9. The molecule has 1 aliphatic rings. The van der Waals surface area contributed by atoms with E-state index in [1.807, 2.05) is 13.8 Å². The van der Waals surface area contributed by atoms with E-state index in [2.05, 4.69) is 4.90 Å². The number of nitrogens with zero attached hydrogens (tertiary/aromatic N) is 3. The summed E-state index contributed by atoms with van der Waals surface area (Å²) in [7, 11) is 0. The van der Waals surface area contributed by atoms with Gasteiger partial charge in [0.2, 0.25) is 0 Å².